The molecule has 3 nitrogen and oxygen atoms in total. The molecule has 1 saturated carbocycles. The van der Waals surface area contributed by atoms with Crippen LogP contribution in [0, 0.1) is 0 Å². The lowest BCUT2D eigenvalue weighted by atomic mass is 9.98. The van der Waals surface area contributed by atoms with Crippen LogP contribution in [-0.2, 0) is 9.05 Å². The lowest BCUT2D eigenvalue weighted by Crippen LogP contribution is -2.19. The zero-order valence-electron chi connectivity index (χ0n) is 9.43. The molecule has 1 aromatic carbocycles. The number of halogens is 1. The van der Waals surface area contributed by atoms with Gasteiger partial charge in [0.25, 0.3) is 9.05 Å². The van der Waals surface area contributed by atoms with Gasteiger partial charge in [0.2, 0.25) is 0 Å². The highest BCUT2D eigenvalue weighted by molar-refractivity contribution is 8.13. The molecule has 0 bridgehead atoms. The number of benzene rings is 1. The van der Waals surface area contributed by atoms with Crippen LogP contribution in [0.1, 0.15) is 32.1 Å². The van der Waals surface area contributed by atoms with Gasteiger partial charge in [0.15, 0.2) is 0 Å². The molecular formula is C12H15ClO3S. The van der Waals surface area contributed by atoms with Crippen molar-refractivity contribution >= 4 is 19.7 Å². The van der Waals surface area contributed by atoms with E-state index in [1.54, 1.807) is 12.1 Å². The van der Waals surface area contributed by atoms with Crippen molar-refractivity contribution in [1.29, 1.82) is 0 Å². The second-order valence-corrected chi connectivity index (χ2v) is 6.86. The van der Waals surface area contributed by atoms with Crippen molar-refractivity contribution in [3.8, 4) is 5.75 Å². The van der Waals surface area contributed by atoms with Crippen molar-refractivity contribution in [3.63, 3.8) is 0 Å². The van der Waals surface area contributed by atoms with E-state index in [0.29, 0.717) is 5.75 Å². The van der Waals surface area contributed by atoms with Crippen molar-refractivity contribution in [3.05, 3.63) is 24.3 Å². The van der Waals surface area contributed by atoms with Crippen LogP contribution in [0.4, 0.5) is 0 Å². The van der Waals surface area contributed by atoms with Gasteiger partial charge in [-0.15, -0.1) is 0 Å². The van der Waals surface area contributed by atoms with Crippen LogP contribution in [-0.4, -0.2) is 14.5 Å². The quantitative estimate of drug-likeness (QED) is 0.794. The Morgan fingerprint density at radius 3 is 2.53 bits per heavy atom. The largest absolute Gasteiger partial charge is 0.490 e. The van der Waals surface area contributed by atoms with Gasteiger partial charge in [-0.25, -0.2) is 8.42 Å². The molecule has 0 spiro atoms. The van der Waals surface area contributed by atoms with E-state index in [9.17, 15) is 8.42 Å². The molecular weight excluding hydrogens is 260 g/mol. The summed E-state index contributed by atoms with van der Waals surface area (Å²) in [6.07, 6.45) is 5.90. The van der Waals surface area contributed by atoms with Crippen LogP contribution in [0.2, 0.25) is 0 Å². The zero-order valence-corrected chi connectivity index (χ0v) is 11.0. The molecule has 0 aromatic heterocycles. The van der Waals surface area contributed by atoms with E-state index in [0.717, 1.165) is 12.8 Å². The highest BCUT2D eigenvalue weighted by atomic mass is 35.7. The standard InChI is InChI=1S/C12H15ClO3S/c13-17(14,15)12-8-4-7-11(9-12)16-10-5-2-1-3-6-10/h4,7-10H,1-3,5-6H2. The fourth-order valence-corrected chi connectivity index (χ4v) is 2.86. The first kappa shape index (κ1) is 12.7. The normalized spacial score (nSPS) is 17.9. The third kappa shape index (κ3) is 3.61. The zero-order chi connectivity index (χ0) is 12.3. The smallest absolute Gasteiger partial charge is 0.261 e. The molecule has 0 radical (unpaired) electrons. The maximum atomic E-state index is 11.2. The predicted molar refractivity (Wildman–Crippen MR) is 67.0 cm³/mol. The van der Waals surface area contributed by atoms with Crippen LogP contribution in [0.15, 0.2) is 29.2 Å². The molecule has 17 heavy (non-hydrogen) atoms. The van der Waals surface area contributed by atoms with Crippen LogP contribution in [0.5, 0.6) is 5.75 Å². The highest BCUT2D eigenvalue weighted by Crippen LogP contribution is 2.25. The Balaban J connectivity index is 2.11. The van der Waals surface area contributed by atoms with Crippen molar-refractivity contribution in [1.82, 2.24) is 0 Å². The summed E-state index contributed by atoms with van der Waals surface area (Å²) >= 11 is 0. The van der Waals surface area contributed by atoms with E-state index < -0.39 is 9.05 Å². The molecule has 2 rings (SSSR count). The molecule has 0 N–H and O–H groups in total. The third-order valence-electron chi connectivity index (χ3n) is 2.94. The summed E-state index contributed by atoms with van der Waals surface area (Å²) in [4.78, 5) is 0.0903. The van der Waals surface area contributed by atoms with Gasteiger partial charge < -0.3 is 4.74 Å². The second-order valence-electron chi connectivity index (χ2n) is 4.29. The van der Waals surface area contributed by atoms with Gasteiger partial charge in [-0.3, -0.25) is 0 Å². The molecule has 1 aliphatic rings. The third-order valence-corrected chi connectivity index (χ3v) is 4.29. The summed E-state index contributed by atoms with van der Waals surface area (Å²) in [5, 5.41) is 0. The van der Waals surface area contributed by atoms with E-state index in [2.05, 4.69) is 0 Å². The maximum Gasteiger partial charge on any atom is 0.261 e. The average Bonchev–Trinajstić information content (AvgIpc) is 2.29. The molecule has 0 heterocycles. The lowest BCUT2D eigenvalue weighted by molar-refractivity contribution is 0.154. The molecule has 0 atom stereocenters. The van der Waals surface area contributed by atoms with E-state index in [4.69, 9.17) is 15.4 Å². The molecule has 0 aliphatic heterocycles. The molecule has 1 fully saturated rings. The Bertz CT molecular complexity index is 478. The van der Waals surface area contributed by atoms with Gasteiger partial charge in [-0.2, -0.15) is 0 Å². The summed E-state index contributed by atoms with van der Waals surface area (Å²) in [5.74, 6) is 0.582. The summed E-state index contributed by atoms with van der Waals surface area (Å²) in [6, 6.07) is 6.36. The molecule has 5 heteroatoms. The average molecular weight is 275 g/mol. The summed E-state index contributed by atoms with van der Waals surface area (Å²) in [5.41, 5.74) is 0. The minimum Gasteiger partial charge on any atom is -0.490 e. The molecule has 0 unspecified atom stereocenters. The van der Waals surface area contributed by atoms with Crippen LogP contribution in [0.3, 0.4) is 0 Å². The first-order chi connectivity index (χ1) is 8.05. The fourth-order valence-electron chi connectivity index (χ4n) is 2.07. The highest BCUT2D eigenvalue weighted by Gasteiger charge is 2.16. The fraction of sp³-hybridized carbons (Fsp3) is 0.500. The van der Waals surface area contributed by atoms with E-state index in [1.807, 2.05) is 0 Å². The lowest BCUT2D eigenvalue weighted by Gasteiger charge is -2.23. The first-order valence-electron chi connectivity index (χ1n) is 5.77. The Morgan fingerprint density at radius 1 is 1.18 bits per heavy atom. The Morgan fingerprint density at radius 2 is 1.88 bits per heavy atom. The summed E-state index contributed by atoms with van der Waals surface area (Å²) in [7, 11) is 1.62. The van der Waals surface area contributed by atoms with Gasteiger partial charge in [0.1, 0.15) is 5.75 Å². The monoisotopic (exact) mass is 274 g/mol. The van der Waals surface area contributed by atoms with Gasteiger partial charge in [0, 0.05) is 16.7 Å². The number of hydrogen-bond donors (Lipinski definition) is 0. The van der Waals surface area contributed by atoms with Gasteiger partial charge in [0.05, 0.1) is 11.0 Å². The first-order valence-corrected chi connectivity index (χ1v) is 8.08. The molecule has 94 valence electrons. The van der Waals surface area contributed by atoms with Crippen molar-refractivity contribution in [2.45, 2.75) is 43.1 Å². The maximum absolute atomic E-state index is 11.2. The molecule has 1 aromatic rings. The molecule has 0 saturated heterocycles. The van der Waals surface area contributed by atoms with Crippen LogP contribution < -0.4 is 4.74 Å². The summed E-state index contributed by atoms with van der Waals surface area (Å²) < 4.78 is 28.1. The van der Waals surface area contributed by atoms with Gasteiger partial charge >= 0.3 is 0 Å². The SMILES string of the molecule is O=S(=O)(Cl)c1cccc(OC2CCCCC2)c1. The minimum atomic E-state index is -3.67. The van der Waals surface area contributed by atoms with E-state index in [-0.39, 0.29) is 11.0 Å². The van der Waals surface area contributed by atoms with Gasteiger partial charge in [-0.05, 0) is 37.8 Å². The Kier molecular flexibility index (Phi) is 3.94. The number of rotatable bonds is 3. The van der Waals surface area contributed by atoms with Crippen molar-refractivity contribution < 1.29 is 13.2 Å². The number of hydrogen-bond acceptors (Lipinski definition) is 3. The van der Waals surface area contributed by atoms with Crippen LogP contribution >= 0.6 is 10.7 Å². The van der Waals surface area contributed by atoms with E-state index >= 15 is 0 Å². The van der Waals surface area contributed by atoms with E-state index in [1.165, 1.54) is 31.4 Å². The Labute approximate surface area is 106 Å². The van der Waals surface area contributed by atoms with Gasteiger partial charge in [-0.1, -0.05) is 12.5 Å². The molecule has 0 amide bonds. The second kappa shape index (κ2) is 5.27. The predicted octanol–water partition coefficient (Wildman–Crippen LogP) is 3.33. The minimum absolute atomic E-state index is 0.0903. The Hall–Kier alpha value is -0.740. The van der Waals surface area contributed by atoms with Crippen molar-refractivity contribution in [2.24, 2.45) is 0 Å². The van der Waals surface area contributed by atoms with Crippen LogP contribution in [0.25, 0.3) is 0 Å². The van der Waals surface area contributed by atoms with Crippen molar-refractivity contribution in [2.75, 3.05) is 0 Å². The molecule has 1 aliphatic carbocycles. The summed E-state index contributed by atoms with van der Waals surface area (Å²) in [6.45, 7) is 0. The number of ether oxygens (including phenoxy) is 1. The topological polar surface area (TPSA) is 43.4 Å².